The highest BCUT2D eigenvalue weighted by molar-refractivity contribution is 6.38. The van der Waals surface area contributed by atoms with Gasteiger partial charge in [-0.15, -0.1) is 0 Å². The third kappa shape index (κ3) is 4.48. The number of amides is 1. The number of carbonyl (C=O) groups is 1. The number of nitrogens with one attached hydrogen (secondary N) is 1. The fourth-order valence-corrected chi connectivity index (χ4v) is 2.27. The summed E-state index contributed by atoms with van der Waals surface area (Å²) in [7, 11) is 1.59. The smallest absolute Gasteiger partial charge is 0.244 e. The molecule has 0 radical (unpaired) electrons. The lowest BCUT2D eigenvalue weighted by Gasteiger charge is -2.03. The van der Waals surface area contributed by atoms with E-state index in [1.165, 1.54) is 6.21 Å². The Kier molecular flexibility index (Phi) is 5.81. The zero-order valence-corrected chi connectivity index (χ0v) is 13.4. The molecule has 2 rings (SSSR count). The Morgan fingerprint density at radius 2 is 1.82 bits per heavy atom. The van der Waals surface area contributed by atoms with Crippen molar-refractivity contribution in [1.29, 1.82) is 0 Å². The number of ether oxygens (including phenoxy) is 1. The molecule has 0 atom stereocenters. The van der Waals surface area contributed by atoms with Crippen LogP contribution in [-0.4, -0.2) is 19.2 Å². The maximum absolute atomic E-state index is 11.8. The van der Waals surface area contributed by atoms with Gasteiger partial charge in [0.25, 0.3) is 0 Å². The van der Waals surface area contributed by atoms with Gasteiger partial charge in [-0.3, -0.25) is 4.79 Å². The molecule has 0 aliphatic rings. The van der Waals surface area contributed by atoms with Crippen LogP contribution in [0.2, 0.25) is 10.0 Å². The van der Waals surface area contributed by atoms with Crippen molar-refractivity contribution in [2.75, 3.05) is 7.11 Å². The number of hydrazone groups is 1. The molecule has 1 amide bonds. The van der Waals surface area contributed by atoms with Gasteiger partial charge >= 0.3 is 0 Å². The lowest BCUT2D eigenvalue weighted by atomic mass is 10.1. The standard InChI is InChI=1S/C16H14Cl2N2O2/c1-22-12-7-5-11(6-8-12)9-16(21)20-19-10-13-14(17)3-2-4-15(13)18/h2-8,10H,9H2,1H3,(H,20,21). The van der Waals surface area contributed by atoms with E-state index in [-0.39, 0.29) is 12.3 Å². The fraction of sp³-hybridized carbons (Fsp3) is 0.125. The number of halogens is 2. The van der Waals surface area contributed by atoms with Crippen molar-refractivity contribution in [3.63, 3.8) is 0 Å². The minimum Gasteiger partial charge on any atom is -0.497 e. The van der Waals surface area contributed by atoms with E-state index >= 15 is 0 Å². The zero-order chi connectivity index (χ0) is 15.9. The van der Waals surface area contributed by atoms with E-state index in [1.807, 2.05) is 12.1 Å². The molecule has 0 aliphatic carbocycles. The number of methoxy groups -OCH3 is 1. The van der Waals surface area contributed by atoms with Gasteiger partial charge in [0, 0.05) is 5.56 Å². The first kappa shape index (κ1) is 16.3. The highest BCUT2D eigenvalue weighted by Gasteiger charge is 2.04. The molecule has 0 unspecified atom stereocenters. The average Bonchev–Trinajstić information content (AvgIpc) is 2.51. The topological polar surface area (TPSA) is 50.7 Å². The van der Waals surface area contributed by atoms with Crippen LogP contribution in [0, 0.1) is 0 Å². The van der Waals surface area contributed by atoms with E-state index in [4.69, 9.17) is 27.9 Å². The van der Waals surface area contributed by atoms with Crippen LogP contribution in [0.4, 0.5) is 0 Å². The third-order valence-corrected chi connectivity index (χ3v) is 3.57. The van der Waals surface area contributed by atoms with E-state index in [0.29, 0.717) is 15.6 Å². The van der Waals surface area contributed by atoms with Crippen molar-refractivity contribution < 1.29 is 9.53 Å². The van der Waals surface area contributed by atoms with Gasteiger partial charge in [0.15, 0.2) is 0 Å². The molecule has 0 spiro atoms. The van der Waals surface area contributed by atoms with Crippen LogP contribution in [-0.2, 0) is 11.2 Å². The van der Waals surface area contributed by atoms with Gasteiger partial charge in [0.05, 0.1) is 29.8 Å². The molecule has 0 saturated heterocycles. The largest absolute Gasteiger partial charge is 0.497 e. The lowest BCUT2D eigenvalue weighted by molar-refractivity contribution is -0.120. The molecule has 2 aromatic carbocycles. The summed E-state index contributed by atoms with van der Waals surface area (Å²) >= 11 is 12.0. The fourth-order valence-electron chi connectivity index (χ4n) is 1.77. The molecule has 2 aromatic rings. The minimum absolute atomic E-state index is 0.220. The van der Waals surface area contributed by atoms with Gasteiger partial charge in [-0.05, 0) is 29.8 Å². The second-order valence-electron chi connectivity index (χ2n) is 4.45. The molecular weight excluding hydrogens is 323 g/mol. The van der Waals surface area contributed by atoms with Crippen molar-refractivity contribution in [2.45, 2.75) is 6.42 Å². The highest BCUT2D eigenvalue weighted by atomic mass is 35.5. The first-order valence-corrected chi connectivity index (χ1v) is 7.24. The van der Waals surface area contributed by atoms with Crippen LogP contribution in [0.25, 0.3) is 0 Å². The SMILES string of the molecule is COc1ccc(CC(=O)NN=Cc2c(Cl)cccc2Cl)cc1. The highest BCUT2D eigenvalue weighted by Crippen LogP contribution is 2.22. The van der Waals surface area contributed by atoms with Crippen LogP contribution < -0.4 is 10.2 Å². The molecule has 0 aromatic heterocycles. The molecule has 114 valence electrons. The number of rotatable bonds is 5. The maximum Gasteiger partial charge on any atom is 0.244 e. The number of carbonyl (C=O) groups excluding carboxylic acids is 1. The first-order valence-electron chi connectivity index (χ1n) is 6.49. The monoisotopic (exact) mass is 336 g/mol. The van der Waals surface area contributed by atoms with E-state index < -0.39 is 0 Å². The predicted octanol–water partition coefficient (Wildman–Crippen LogP) is 3.69. The van der Waals surface area contributed by atoms with Crippen molar-refractivity contribution in [3.05, 3.63) is 63.6 Å². The molecule has 4 nitrogen and oxygen atoms in total. The second kappa shape index (κ2) is 7.82. The molecule has 6 heteroatoms. The number of hydrogen-bond acceptors (Lipinski definition) is 3. The van der Waals surface area contributed by atoms with Crippen LogP contribution in [0.3, 0.4) is 0 Å². The van der Waals surface area contributed by atoms with Gasteiger partial charge in [-0.2, -0.15) is 5.10 Å². The number of nitrogens with zero attached hydrogens (tertiary/aromatic N) is 1. The van der Waals surface area contributed by atoms with Gasteiger partial charge in [-0.1, -0.05) is 41.4 Å². The molecule has 0 saturated carbocycles. The number of hydrogen-bond donors (Lipinski definition) is 1. The Balaban J connectivity index is 1.93. The van der Waals surface area contributed by atoms with Crippen LogP contribution in [0.1, 0.15) is 11.1 Å². The Labute approximate surface area is 138 Å². The van der Waals surface area contributed by atoms with Crippen molar-refractivity contribution in [2.24, 2.45) is 5.10 Å². The van der Waals surface area contributed by atoms with Crippen LogP contribution >= 0.6 is 23.2 Å². The minimum atomic E-state index is -0.232. The predicted molar refractivity (Wildman–Crippen MR) is 88.9 cm³/mol. The van der Waals surface area contributed by atoms with Crippen LogP contribution in [0.15, 0.2) is 47.6 Å². The lowest BCUT2D eigenvalue weighted by Crippen LogP contribution is -2.19. The molecule has 0 fully saturated rings. The van der Waals surface area contributed by atoms with Crippen molar-refractivity contribution >= 4 is 35.3 Å². The van der Waals surface area contributed by atoms with E-state index in [2.05, 4.69) is 10.5 Å². The molecule has 0 aliphatic heterocycles. The average molecular weight is 337 g/mol. The molecule has 0 bridgehead atoms. The van der Waals surface area contributed by atoms with Crippen LogP contribution in [0.5, 0.6) is 5.75 Å². The van der Waals surface area contributed by atoms with E-state index in [1.54, 1.807) is 37.4 Å². The van der Waals surface area contributed by atoms with Gasteiger partial charge in [0.2, 0.25) is 5.91 Å². The third-order valence-electron chi connectivity index (χ3n) is 2.91. The van der Waals surface area contributed by atoms with Gasteiger partial charge in [0.1, 0.15) is 5.75 Å². The summed E-state index contributed by atoms with van der Waals surface area (Å²) < 4.78 is 5.06. The molecular formula is C16H14Cl2N2O2. The van der Waals surface area contributed by atoms with Gasteiger partial charge in [-0.25, -0.2) is 5.43 Å². The summed E-state index contributed by atoms with van der Waals surface area (Å²) in [5.41, 5.74) is 3.88. The number of benzene rings is 2. The first-order chi connectivity index (χ1) is 10.6. The van der Waals surface area contributed by atoms with E-state index in [0.717, 1.165) is 11.3 Å². The summed E-state index contributed by atoms with van der Waals surface area (Å²) in [6.45, 7) is 0. The molecule has 0 heterocycles. The maximum atomic E-state index is 11.8. The van der Waals surface area contributed by atoms with Gasteiger partial charge < -0.3 is 4.74 Å². The Morgan fingerprint density at radius 1 is 1.18 bits per heavy atom. The molecule has 1 N–H and O–H groups in total. The summed E-state index contributed by atoms with van der Waals surface area (Å²) in [6, 6.07) is 12.4. The molecule has 22 heavy (non-hydrogen) atoms. The zero-order valence-electron chi connectivity index (χ0n) is 11.8. The summed E-state index contributed by atoms with van der Waals surface area (Å²) in [5, 5.41) is 4.82. The van der Waals surface area contributed by atoms with Crippen molar-refractivity contribution in [3.8, 4) is 5.75 Å². The Morgan fingerprint density at radius 3 is 2.41 bits per heavy atom. The summed E-state index contributed by atoms with van der Waals surface area (Å²) in [5.74, 6) is 0.514. The van der Waals surface area contributed by atoms with E-state index in [9.17, 15) is 4.79 Å². The quantitative estimate of drug-likeness (QED) is 0.668. The normalized spacial score (nSPS) is 10.7. The van der Waals surface area contributed by atoms with Crippen molar-refractivity contribution in [1.82, 2.24) is 5.43 Å². The summed E-state index contributed by atoms with van der Waals surface area (Å²) in [4.78, 5) is 11.8. The summed E-state index contributed by atoms with van der Waals surface area (Å²) in [6.07, 6.45) is 1.65. The second-order valence-corrected chi connectivity index (χ2v) is 5.27. The Hall–Kier alpha value is -2.04. The Bertz CT molecular complexity index is 665.